The number of carbonyl (C=O) groups is 1. The smallest absolute Gasteiger partial charge is 0.332 e. The third-order valence-corrected chi connectivity index (χ3v) is 7.11. The molecule has 0 atom stereocenters. The van der Waals surface area contributed by atoms with Gasteiger partial charge in [0.15, 0.2) is 0 Å². The molecule has 10 nitrogen and oxygen atoms in total. The molecule has 2 amide bonds. The molecule has 2 heterocycles. The fourth-order valence-electron chi connectivity index (χ4n) is 4.70. The van der Waals surface area contributed by atoms with Gasteiger partial charge in [0.1, 0.15) is 29.5 Å². The summed E-state index contributed by atoms with van der Waals surface area (Å²) < 4.78 is 11.0. The number of methoxy groups -OCH3 is 2. The monoisotopic (exact) mass is 553 g/mol. The van der Waals surface area contributed by atoms with Gasteiger partial charge in [-0.3, -0.25) is 0 Å². The Morgan fingerprint density at radius 2 is 1.66 bits per heavy atom. The fraction of sp³-hybridized carbons (Fsp3) is 0.258. The van der Waals surface area contributed by atoms with Crippen LogP contribution in [0.15, 0.2) is 79.1 Å². The quantitative estimate of drug-likeness (QED) is 0.288. The van der Waals surface area contributed by atoms with Crippen LogP contribution < -0.4 is 29.9 Å². The van der Waals surface area contributed by atoms with Crippen LogP contribution in [0.4, 0.5) is 39.2 Å². The molecule has 1 aliphatic heterocycles. The van der Waals surface area contributed by atoms with E-state index in [1.165, 1.54) is 16.9 Å². The van der Waals surface area contributed by atoms with Crippen molar-refractivity contribution in [3.05, 3.63) is 84.7 Å². The third kappa shape index (κ3) is 6.50. The number of para-hydroxylation sites is 1. The van der Waals surface area contributed by atoms with Crippen LogP contribution in [0.1, 0.15) is 5.56 Å². The van der Waals surface area contributed by atoms with Crippen molar-refractivity contribution in [1.82, 2.24) is 14.9 Å². The van der Waals surface area contributed by atoms with Gasteiger partial charge in [0.05, 0.1) is 19.9 Å². The lowest BCUT2D eigenvalue weighted by molar-refractivity contribution is 0.258. The van der Waals surface area contributed by atoms with E-state index in [0.29, 0.717) is 34.5 Å². The largest absolute Gasteiger partial charge is 0.497 e. The first-order valence-corrected chi connectivity index (χ1v) is 13.5. The molecule has 4 aromatic rings. The molecule has 5 rings (SSSR count). The van der Waals surface area contributed by atoms with Gasteiger partial charge in [0.25, 0.3) is 0 Å². The lowest BCUT2D eigenvalue weighted by Gasteiger charge is -2.34. The molecule has 1 aromatic heterocycles. The summed E-state index contributed by atoms with van der Waals surface area (Å²) in [5.74, 6) is 1.97. The molecule has 3 aromatic carbocycles. The molecule has 0 aliphatic carbocycles. The minimum absolute atomic E-state index is 0.367. The zero-order valence-corrected chi connectivity index (χ0v) is 23.8. The minimum atomic E-state index is -0.399. The molecule has 0 unspecified atom stereocenters. The van der Waals surface area contributed by atoms with E-state index in [9.17, 15) is 4.79 Å². The molecule has 1 saturated heterocycles. The summed E-state index contributed by atoms with van der Waals surface area (Å²) in [5, 5.41) is 6.35. The van der Waals surface area contributed by atoms with Crippen molar-refractivity contribution >= 4 is 40.4 Å². The summed E-state index contributed by atoms with van der Waals surface area (Å²) in [6.07, 6.45) is 1.43. The van der Waals surface area contributed by atoms with Crippen molar-refractivity contribution < 1.29 is 14.3 Å². The minimum Gasteiger partial charge on any atom is -0.497 e. The highest BCUT2D eigenvalue weighted by molar-refractivity contribution is 6.08. The summed E-state index contributed by atoms with van der Waals surface area (Å²) >= 11 is 0. The first kappa shape index (κ1) is 27.7. The standard InChI is InChI=1S/C31H35N7O3/c1-22-7-5-6-8-26(22)35-31(39)38(27-14-13-25(40-3)19-28(27)41-4)30-20-29(32-21-33-30)34-23-9-11-24(12-10-23)37-17-15-36(2)16-18-37/h5-14,19-21H,15-18H2,1-4H3,(H,35,39)(H,32,33,34). The predicted octanol–water partition coefficient (Wildman–Crippen LogP) is 5.67. The van der Waals surface area contributed by atoms with Gasteiger partial charge in [0, 0.05) is 55.4 Å². The van der Waals surface area contributed by atoms with Crippen LogP contribution >= 0.6 is 0 Å². The topological polar surface area (TPSA) is 95.1 Å². The molecule has 0 saturated carbocycles. The van der Waals surface area contributed by atoms with E-state index in [1.807, 2.05) is 43.3 Å². The van der Waals surface area contributed by atoms with Crippen molar-refractivity contribution in [3.8, 4) is 11.5 Å². The number of likely N-dealkylation sites (N-methyl/N-ethyl adjacent to an activating group) is 1. The van der Waals surface area contributed by atoms with E-state index in [1.54, 1.807) is 38.5 Å². The lowest BCUT2D eigenvalue weighted by Crippen LogP contribution is -2.44. The van der Waals surface area contributed by atoms with Crippen molar-refractivity contribution in [2.75, 3.05) is 67.9 Å². The molecular formula is C31H35N7O3. The lowest BCUT2D eigenvalue weighted by atomic mass is 10.2. The zero-order valence-electron chi connectivity index (χ0n) is 23.8. The molecular weight excluding hydrogens is 518 g/mol. The average Bonchev–Trinajstić information content (AvgIpc) is 3.00. The number of nitrogens with zero attached hydrogens (tertiary/aromatic N) is 5. The Hall–Kier alpha value is -4.83. The van der Waals surface area contributed by atoms with Crippen LogP contribution in [0.3, 0.4) is 0 Å². The van der Waals surface area contributed by atoms with Crippen molar-refractivity contribution in [1.29, 1.82) is 0 Å². The van der Waals surface area contributed by atoms with Gasteiger partial charge in [-0.2, -0.15) is 0 Å². The zero-order chi connectivity index (χ0) is 28.8. The highest BCUT2D eigenvalue weighted by Gasteiger charge is 2.25. The van der Waals surface area contributed by atoms with Crippen LogP contribution in [-0.2, 0) is 0 Å². The number of ether oxygens (including phenoxy) is 2. The molecule has 212 valence electrons. The Balaban J connectivity index is 1.43. The second kappa shape index (κ2) is 12.6. The first-order valence-electron chi connectivity index (χ1n) is 13.5. The molecule has 10 heteroatoms. The first-order chi connectivity index (χ1) is 19.9. The summed E-state index contributed by atoms with van der Waals surface area (Å²) in [6.45, 7) is 6.06. The number of urea groups is 1. The van der Waals surface area contributed by atoms with E-state index in [4.69, 9.17) is 9.47 Å². The van der Waals surface area contributed by atoms with E-state index in [0.717, 1.165) is 37.4 Å². The Labute approximate surface area is 240 Å². The van der Waals surface area contributed by atoms with Crippen LogP contribution in [-0.4, -0.2) is 68.3 Å². The molecule has 0 radical (unpaired) electrons. The summed E-state index contributed by atoms with van der Waals surface area (Å²) in [4.78, 5) is 28.9. The number of hydrogen-bond donors (Lipinski definition) is 2. The van der Waals surface area contributed by atoms with E-state index >= 15 is 0 Å². The average molecular weight is 554 g/mol. The number of anilines is 6. The summed E-state index contributed by atoms with van der Waals surface area (Å²) in [7, 11) is 5.28. The predicted molar refractivity (Wildman–Crippen MR) is 163 cm³/mol. The number of piperazine rings is 1. The molecule has 0 bridgehead atoms. The molecule has 1 aliphatic rings. The number of nitrogens with one attached hydrogen (secondary N) is 2. The summed E-state index contributed by atoms with van der Waals surface area (Å²) in [6, 6.07) is 22.5. The number of hydrogen-bond acceptors (Lipinski definition) is 8. The van der Waals surface area contributed by atoms with Crippen molar-refractivity contribution in [3.63, 3.8) is 0 Å². The van der Waals surface area contributed by atoms with Crippen LogP contribution in [0.5, 0.6) is 11.5 Å². The van der Waals surface area contributed by atoms with Gasteiger partial charge >= 0.3 is 6.03 Å². The molecule has 1 fully saturated rings. The highest BCUT2D eigenvalue weighted by atomic mass is 16.5. The molecule has 2 N–H and O–H groups in total. The highest BCUT2D eigenvalue weighted by Crippen LogP contribution is 2.37. The fourth-order valence-corrected chi connectivity index (χ4v) is 4.70. The Kier molecular flexibility index (Phi) is 8.50. The molecule has 41 heavy (non-hydrogen) atoms. The second-order valence-corrected chi connectivity index (χ2v) is 9.84. The van der Waals surface area contributed by atoms with Gasteiger partial charge in [-0.15, -0.1) is 0 Å². The van der Waals surface area contributed by atoms with Crippen molar-refractivity contribution in [2.45, 2.75) is 6.92 Å². The van der Waals surface area contributed by atoms with E-state index in [-0.39, 0.29) is 0 Å². The maximum absolute atomic E-state index is 13.8. The van der Waals surface area contributed by atoms with Gasteiger partial charge in [-0.1, -0.05) is 18.2 Å². The summed E-state index contributed by atoms with van der Waals surface area (Å²) in [5.41, 5.74) is 4.21. The SMILES string of the molecule is COc1ccc(N(C(=O)Nc2ccccc2C)c2cc(Nc3ccc(N4CCN(C)CC4)cc3)ncn2)c(OC)c1. The van der Waals surface area contributed by atoms with E-state index < -0.39 is 6.03 Å². The number of amides is 2. The van der Waals surface area contributed by atoms with Crippen LogP contribution in [0.25, 0.3) is 0 Å². The van der Waals surface area contributed by atoms with Gasteiger partial charge in [-0.05, 0) is 62.0 Å². The van der Waals surface area contributed by atoms with Gasteiger partial charge in [-0.25, -0.2) is 19.7 Å². The number of carbonyl (C=O) groups excluding carboxylic acids is 1. The van der Waals surface area contributed by atoms with Crippen LogP contribution in [0.2, 0.25) is 0 Å². The van der Waals surface area contributed by atoms with Crippen molar-refractivity contribution in [2.24, 2.45) is 0 Å². The maximum atomic E-state index is 13.8. The normalized spacial score (nSPS) is 13.4. The van der Waals surface area contributed by atoms with Gasteiger partial charge in [0.2, 0.25) is 0 Å². The van der Waals surface area contributed by atoms with Gasteiger partial charge < -0.3 is 29.9 Å². The Morgan fingerprint density at radius 3 is 2.37 bits per heavy atom. The van der Waals surface area contributed by atoms with E-state index in [2.05, 4.69) is 49.6 Å². The number of benzene rings is 3. The number of aryl methyl sites for hydroxylation is 1. The number of rotatable bonds is 8. The number of aromatic nitrogens is 2. The molecule has 0 spiro atoms. The maximum Gasteiger partial charge on any atom is 0.332 e. The second-order valence-electron chi connectivity index (χ2n) is 9.84. The third-order valence-electron chi connectivity index (χ3n) is 7.11. The Bertz CT molecular complexity index is 1490. The Morgan fingerprint density at radius 1 is 0.902 bits per heavy atom. The van der Waals surface area contributed by atoms with Crippen LogP contribution in [0, 0.1) is 6.92 Å².